The highest BCUT2D eigenvalue weighted by Crippen LogP contribution is 2.14. The molecular formula is C15H22N2O2. The second kappa shape index (κ2) is 7.59. The zero-order valence-corrected chi connectivity index (χ0v) is 12.1. The van der Waals surface area contributed by atoms with E-state index in [1.54, 1.807) is 7.11 Å². The average molecular weight is 262 g/mol. The van der Waals surface area contributed by atoms with Crippen LogP contribution in [0, 0.1) is 0 Å². The molecule has 0 saturated heterocycles. The molecule has 4 heteroatoms. The highest BCUT2D eigenvalue weighted by molar-refractivity contribution is 5.92. The molecule has 104 valence electrons. The first-order valence-electron chi connectivity index (χ1n) is 6.27. The number of hydrogen-bond donors (Lipinski definition) is 1. The maximum absolute atomic E-state index is 11.8. The molecule has 1 aromatic rings. The fraction of sp³-hybridized carbons (Fsp3) is 0.400. The van der Waals surface area contributed by atoms with Crippen molar-refractivity contribution in [1.82, 2.24) is 4.90 Å². The molecule has 0 saturated carbocycles. The minimum absolute atomic E-state index is 0.0187. The van der Waals surface area contributed by atoms with Gasteiger partial charge in [-0.25, -0.2) is 0 Å². The minimum atomic E-state index is -0.0187. The van der Waals surface area contributed by atoms with Crippen LogP contribution in [-0.2, 0) is 4.79 Å². The maximum atomic E-state index is 11.8. The van der Waals surface area contributed by atoms with Crippen LogP contribution in [0.4, 0.5) is 5.69 Å². The van der Waals surface area contributed by atoms with E-state index < -0.39 is 0 Å². The monoisotopic (exact) mass is 262 g/mol. The molecule has 0 atom stereocenters. The summed E-state index contributed by atoms with van der Waals surface area (Å²) in [5.41, 5.74) is 2.03. The molecule has 1 amide bonds. The fourth-order valence-corrected chi connectivity index (χ4v) is 1.52. The van der Waals surface area contributed by atoms with Gasteiger partial charge in [0.15, 0.2) is 0 Å². The number of allylic oxidation sites excluding steroid dienone is 1. The number of carbonyl (C=O) groups is 1. The number of carbonyl (C=O) groups excluding carboxylic acids is 1. The largest absolute Gasteiger partial charge is 0.497 e. The van der Waals surface area contributed by atoms with Crippen molar-refractivity contribution in [2.45, 2.75) is 13.8 Å². The van der Waals surface area contributed by atoms with E-state index in [1.807, 2.05) is 50.1 Å². The van der Waals surface area contributed by atoms with E-state index >= 15 is 0 Å². The first kappa shape index (κ1) is 15.2. The van der Waals surface area contributed by atoms with Crippen LogP contribution in [0.2, 0.25) is 0 Å². The quantitative estimate of drug-likeness (QED) is 0.801. The second-order valence-electron chi connectivity index (χ2n) is 4.75. The molecule has 1 rings (SSSR count). The summed E-state index contributed by atoms with van der Waals surface area (Å²) in [4.78, 5) is 13.8. The fourth-order valence-electron chi connectivity index (χ4n) is 1.52. The summed E-state index contributed by atoms with van der Waals surface area (Å²) >= 11 is 0. The molecule has 0 radical (unpaired) electrons. The van der Waals surface area contributed by atoms with Gasteiger partial charge in [0.25, 0.3) is 0 Å². The lowest BCUT2D eigenvalue weighted by molar-refractivity contribution is -0.116. The molecule has 0 aliphatic rings. The third-order valence-electron chi connectivity index (χ3n) is 2.60. The highest BCUT2D eigenvalue weighted by Gasteiger charge is 2.05. The molecule has 0 unspecified atom stereocenters. The van der Waals surface area contributed by atoms with Crippen molar-refractivity contribution in [3.63, 3.8) is 0 Å². The third kappa shape index (κ3) is 6.06. The average Bonchev–Trinajstić information content (AvgIpc) is 2.37. The highest BCUT2D eigenvalue weighted by atomic mass is 16.5. The van der Waals surface area contributed by atoms with Crippen molar-refractivity contribution in [2.75, 3.05) is 32.6 Å². The van der Waals surface area contributed by atoms with Crippen molar-refractivity contribution < 1.29 is 9.53 Å². The molecule has 0 aliphatic heterocycles. The van der Waals surface area contributed by atoms with Gasteiger partial charge in [0.05, 0.1) is 13.7 Å². The maximum Gasteiger partial charge on any atom is 0.238 e. The standard InChI is InChI=1S/C15H22N2O2/c1-12(2)9-10-17(3)11-15(18)16-13-5-7-14(19-4)8-6-13/h5-9H,10-11H2,1-4H3,(H,16,18). The number of rotatable bonds is 6. The minimum Gasteiger partial charge on any atom is -0.497 e. The van der Waals surface area contributed by atoms with Gasteiger partial charge in [0.1, 0.15) is 5.75 Å². The van der Waals surface area contributed by atoms with E-state index in [0.29, 0.717) is 6.54 Å². The number of hydrogen-bond acceptors (Lipinski definition) is 3. The van der Waals surface area contributed by atoms with Crippen LogP contribution < -0.4 is 10.1 Å². The summed E-state index contributed by atoms with van der Waals surface area (Å²) in [6.45, 7) is 5.24. The van der Waals surface area contributed by atoms with E-state index in [9.17, 15) is 4.79 Å². The first-order valence-corrected chi connectivity index (χ1v) is 6.27. The van der Waals surface area contributed by atoms with Gasteiger partial charge in [0, 0.05) is 12.2 Å². The molecule has 1 N–H and O–H groups in total. The Morgan fingerprint density at radius 3 is 2.47 bits per heavy atom. The molecule has 4 nitrogen and oxygen atoms in total. The molecule has 0 bridgehead atoms. The Labute approximate surface area is 115 Å². The van der Waals surface area contributed by atoms with Crippen LogP contribution >= 0.6 is 0 Å². The van der Waals surface area contributed by atoms with Gasteiger partial charge in [-0.05, 0) is 45.2 Å². The Balaban J connectivity index is 2.43. The topological polar surface area (TPSA) is 41.6 Å². The van der Waals surface area contributed by atoms with Crippen LogP contribution in [0.3, 0.4) is 0 Å². The summed E-state index contributed by atoms with van der Waals surface area (Å²) in [5, 5.41) is 2.85. The van der Waals surface area contributed by atoms with Gasteiger partial charge in [-0.2, -0.15) is 0 Å². The molecule has 1 aromatic carbocycles. The SMILES string of the molecule is COc1ccc(NC(=O)CN(C)CC=C(C)C)cc1. The lowest BCUT2D eigenvalue weighted by atomic mass is 10.3. The molecular weight excluding hydrogens is 240 g/mol. The van der Waals surface area contributed by atoms with Gasteiger partial charge in [-0.3, -0.25) is 9.69 Å². The normalized spacial score (nSPS) is 10.2. The van der Waals surface area contributed by atoms with Gasteiger partial charge in [0.2, 0.25) is 5.91 Å². The second-order valence-corrected chi connectivity index (χ2v) is 4.75. The van der Waals surface area contributed by atoms with Gasteiger partial charge in [-0.1, -0.05) is 11.6 Å². The molecule has 0 heterocycles. The summed E-state index contributed by atoms with van der Waals surface area (Å²) in [7, 11) is 3.54. The van der Waals surface area contributed by atoms with Crippen LogP contribution in [0.15, 0.2) is 35.9 Å². The Hall–Kier alpha value is -1.81. The number of methoxy groups -OCH3 is 1. The lowest BCUT2D eigenvalue weighted by Crippen LogP contribution is -2.30. The Bertz CT molecular complexity index is 434. The van der Waals surface area contributed by atoms with Gasteiger partial charge < -0.3 is 10.1 Å². The van der Waals surface area contributed by atoms with Crippen molar-refractivity contribution in [3.05, 3.63) is 35.9 Å². The summed E-state index contributed by atoms with van der Waals surface area (Å²) in [5.74, 6) is 0.758. The van der Waals surface area contributed by atoms with Crippen molar-refractivity contribution in [1.29, 1.82) is 0 Å². The van der Waals surface area contributed by atoms with E-state index in [-0.39, 0.29) is 5.91 Å². The Morgan fingerprint density at radius 1 is 1.32 bits per heavy atom. The first-order chi connectivity index (χ1) is 9.01. The predicted molar refractivity (Wildman–Crippen MR) is 78.6 cm³/mol. The third-order valence-corrected chi connectivity index (χ3v) is 2.60. The Morgan fingerprint density at radius 2 is 1.95 bits per heavy atom. The summed E-state index contributed by atoms with van der Waals surface area (Å²) < 4.78 is 5.07. The number of ether oxygens (including phenoxy) is 1. The summed E-state index contributed by atoms with van der Waals surface area (Å²) in [6.07, 6.45) is 2.10. The number of amides is 1. The molecule has 0 aromatic heterocycles. The van der Waals surface area contributed by atoms with Crippen LogP contribution in [0.1, 0.15) is 13.8 Å². The van der Waals surface area contributed by atoms with E-state index in [0.717, 1.165) is 18.0 Å². The van der Waals surface area contributed by atoms with Crippen molar-refractivity contribution >= 4 is 11.6 Å². The lowest BCUT2D eigenvalue weighted by Gasteiger charge is -2.14. The molecule has 19 heavy (non-hydrogen) atoms. The zero-order chi connectivity index (χ0) is 14.3. The molecule has 0 aliphatic carbocycles. The number of likely N-dealkylation sites (N-methyl/N-ethyl adjacent to an activating group) is 1. The van der Waals surface area contributed by atoms with Gasteiger partial charge >= 0.3 is 0 Å². The Kier molecular flexibility index (Phi) is 6.09. The number of benzene rings is 1. The van der Waals surface area contributed by atoms with E-state index in [2.05, 4.69) is 11.4 Å². The van der Waals surface area contributed by atoms with Crippen molar-refractivity contribution in [3.8, 4) is 5.75 Å². The zero-order valence-electron chi connectivity index (χ0n) is 12.1. The van der Waals surface area contributed by atoms with Crippen molar-refractivity contribution in [2.24, 2.45) is 0 Å². The van der Waals surface area contributed by atoms with Crippen LogP contribution in [-0.4, -0.2) is 38.1 Å². The molecule has 0 fully saturated rings. The molecule has 0 spiro atoms. The predicted octanol–water partition coefficient (Wildman–Crippen LogP) is 2.53. The van der Waals surface area contributed by atoms with Gasteiger partial charge in [-0.15, -0.1) is 0 Å². The van der Waals surface area contributed by atoms with E-state index in [1.165, 1.54) is 5.57 Å². The number of nitrogens with one attached hydrogen (secondary N) is 1. The summed E-state index contributed by atoms with van der Waals surface area (Å²) in [6, 6.07) is 7.30. The van der Waals surface area contributed by atoms with Crippen LogP contribution in [0.5, 0.6) is 5.75 Å². The number of nitrogens with zero attached hydrogens (tertiary/aromatic N) is 1. The van der Waals surface area contributed by atoms with E-state index in [4.69, 9.17) is 4.74 Å². The number of anilines is 1. The van der Waals surface area contributed by atoms with Crippen LogP contribution in [0.25, 0.3) is 0 Å². The smallest absolute Gasteiger partial charge is 0.238 e.